The third-order valence-electron chi connectivity index (χ3n) is 4.40. The SMILES string of the molecule is CCC(C)C(N)C(=O)N(CC)CC(=O)Nc1ccc2c(c1)OCCO2. The Kier molecular flexibility index (Phi) is 6.64. The molecule has 1 aliphatic heterocycles. The molecule has 3 N–H and O–H groups in total. The second kappa shape index (κ2) is 8.71. The van der Waals surface area contributed by atoms with E-state index in [0.29, 0.717) is 36.9 Å². The summed E-state index contributed by atoms with van der Waals surface area (Å²) in [6, 6.07) is 4.63. The second-order valence-electron chi connectivity index (χ2n) is 6.17. The van der Waals surface area contributed by atoms with Gasteiger partial charge in [0.1, 0.15) is 13.2 Å². The van der Waals surface area contributed by atoms with Crippen molar-refractivity contribution in [3.8, 4) is 11.5 Å². The van der Waals surface area contributed by atoms with Crippen LogP contribution in [0, 0.1) is 5.92 Å². The summed E-state index contributed by atoms with van der Waals surface area (Å²) in [5.41, 5.74) is 6.60. The van der Waals surface area contributed by atoms with Gasteiger partial charge in [-0.15, -0.1) is 0 Å². The first-order valence-electron chi connectivity index (χ1n) is 8.70. The highest BCUT2D eigenvalue weighted by molar-refractivity contribution is 5.95. The van der Waals surface area contributed by atoms with Crippen molar-refractivity contribution >= 4 is 17.5 Å². The number of nitrogens with two attached hydrogens (primary N) is 1. The van der Waals surface area contributed by atoms with Gasteiger partial charge in [0.05, 0.1) is 12.6 Å². The molecule has 1 aromatic carbocycles. The molecule has 2 unspecified atom stereocenters. The zero-order chi connectivity index (χ0) is 18.4. The Morgan fingerprint density at radius 1 is 1.24 bits per heavy atom. The Morgan fingerprint density at radius 3 is 2.56 bits per heavy atom. The first-order valence-corrected chi connectivity index (χ1v) is 8.70. The third kappa shape index (κ3) is 4.85. The molecule has 0 radical (unpaired) electrons. The number of carbonyl (C=O) groups excluding carboxylic acids is 2. The number of likely N-dealkylation sites (N-methyl/N-ethyl adjacent to an activating group) is 1. The molecule has 0 aromatic heterocycles. The second-order valence-corrected chi connectivity index (χ2v) is 6.17. The summed E-state index contributed by atoms with van der Waals surface area (Å²) in [5, 5.41) is 2.78. The van der Waals surface area contributed by atoms with Gasteiger partial charge in [-0.25, -0.2) is 0 Å². The summed E-state index contributed by atoms with van der Waals surface area (Å²) in [6.07, 6.45) is 0.813. The van der Waals surface area contributed by atoms with Gasteiger partial charge >= 0.3 is 0 Å². The average Bonchev–Trinajstić information content (AvgIpc) is 2.64. The van der Waals surface area contributed by atoms with Crippen molar-refractivity contribution in [1.29, 1.82) is 0 Å². The molecule has 2 atom stereocenters. The first kappa shape index (κ1) is 19.1. The van der Waals surface area contributed by atoms with Gasteiger partial charge in [0, 0.05) is 18.3 Å². The van der Waals surface area contributed by atoms with E-state index < -0.39 is 6.04 Å². The summed E-state index contributed by atoms with van der Waals surface area (Å²) >= 11 is 0. The molecule has 7 nitrogen and oxygen atoms in total. The smallest absolute Gasteiger partial charge is 0.243 e. The molecule has 1 heterocycles. The monoisotopic (exact) mass is 349 g/mol. The summed E-state index contributed by atoms with van der Waals surface area (Å²) in [6.45, 7) is 7.15. The van der Waals surface area contributed by atoms with E-state index in [2.05, 4.69) is 5.32 Å². The minimum absolute atomic E-state index is 0.0338. The van der Waals surface area contributed by atoms with Gasteiger partial charge in [-0.3, -0.25) is 9.59 Å². The molecule has 2 amide bonds. The largest absolute Gasteiger partial charge is 0.486 e. The van der Waals surface area contributed by atoms with E-state index in [4.69, 9.17) is 15.2 Å². The normalized spacial score (nSPS) is 15.2. The first-order chi connectivity index (χ1) is 12.0. The molecule has 7 heteroatoms. The number of rotatable bonds is 7. The van der Waals surface area contributed by atoms with Crippen LogP contribution in [0.15, 0.2) is 18.2 Å². The molecule has 25 heavy (non-hydrogen) atoms. The van der Waals surface area contributed by atoms with Gasteiger partial charge in [0.2, 0.25) is 11.8 Å². The van der Waals surface area contributed by atoms with Crippen LogP contribution in [0.3, 0.4) is 0 Å². The van der Waals surface area contributed by atoms with Crippen molar-refractivity contribution in [2.24, 2.45) is 11.7 Å². The highest BCUT2D eigenvalue weighted by Gasteiger charge is 2.25. The minimum atomic E-state index is -0.591. The quantitative estimate of drug-likeness (QED) is 0.780. The number of carbonyl (C=O) groups is 2. The molecule has 2 rings (SSSR count). The van der Waals surface area contributed by atoms with E-state index in [9.17, 15) is 9.59 Å². The maximum absolute atomic E-state index is 12.4. The molecule has 1 aromatic rings. The van der Waals surface area contributed by atoms with Crippen LogP contribution in [0.4, 0.5) is 5.69 Å². The van der Waals surface area contributed by atoms with Crippen LogP contribution in [0.1, 0.15) is 27.2 Å². The molecular formula is C18H27N3O4. The number of anilines is 1. The van der Waals surface area contributed by atoms with E-state index >= 15 is 0 Å². The third-order valence-corrected chi connectivity index (χ3v) is 4.40. The maximum atomic E-state index is 12.4. The topological polar surface area (TPSA) is 93.9 Å². The lowest BCUT2D eigenvalue weighted by Crippen LogP contribution is -2.49. The molecule has 0 saturated heterocycles. The Morgan fingerprint density at radius 2 is 1.92 bits per heavy atom. The van der Waals surface area contributed by atoms with E-state index in [1.807, 2.05) is 20.8 Å². The number of fused-ring (bicyclic) bond motifs is 1. The van der Waals surface area contributed by atoms with Gasteiger partial charge in [-0.2, -0.15) is 0 Å². The molecular weight excluding hydrogens is 322 g/mol. The van der Waals surface area contributed by atoms with Crippen molar-refractivity contribution in [2.75, 3.05) is 31.6 Å². The standard InChI is InChI=1S/C18H27N3O4/c1-4-12(3)17(19)18(23)21(5-2)11-16(22)20-13-6-7-14-15(10-13)25-9-8-24-14/h6-7,10,12,17H,4-5,8-9,11,19H2,1-3H3,(H,20,22). The Labute approximate surface area is 148 Å². The van der Waals surface area contributed by atoms with Crippen LogP contribution >= 0.6 is 0 Å². The van der Waals surface area contributed by atoms with Crippen molar-refractivity contribution in [2.45, 2.75) is 33.2 Å². The van der Waals surface area contributed by atoms with Crippen LogP contribution in [0.2, 0.25) is 0 Å². The molecule has 0 spiro atoms. The minimum Gasteiger partial charge on any atom is -0.486 e. The molecule has 1 aliphatic rings. The lowest BCUT2D eigenvalue weighted by atomic mass is 9.99. The van der Waals surface area contributed by atoms with Gasteiger partial charge < -0.3 is 25.4 Å². The van der Waals surface area contributed by atoms with Crippen LogP contribution < -0.4 is 20.5 Å². The van der Waals surface area contributed by atoms with Gasteiger partial charge in [0.25, 0.3) is 0 Å². The van der Waals surface area contributed by atoms with Gasteiger partial charge in [-0.05, 0) is 25.0 Å². The average molecular weight is 349 g/mol. The molecule has 138 valence electrons. The van der Waals surface area contributed by atoms with Crippen LogP contribution in [0.5, 0.6) is 11.5 Å². The van der Waals surface area contributed by atoms with E-state index in [-0.39, 0.29) is 24.3 Å². The van der Waals surface area contributed by atoms with Crippen LogP contribution in [0.25, 0.3) is 0 Å². The zero-order valence-electron chi connectivity index (χ0n) is 15.1. The number of nitrogens with one attached hydrogen (secondary N) is 1. The predicted molar refractivity (Wildman–Crippen MR) is 95.7 cm³/mol. The number of amides is 2. The highest BCUT2D eigenvalue weighted by atomic mass is 16.6. The van der Waals surface area contributed by atoms with Crippen molar-refractivity contribution < 1.29 is 19.1 Å². The molecule has 0 fully saturated rings. The fourth-order valence-electron chi connectivity index (χ4n) is 2.55. The highest BCUT2D eigenvalue weighted by Crippen LogP contribution is 2.32. The maximum Gasteiger partial charge on any atom is 0.243 e. The molecule has 0 aliphatic carbocycles. The predicted octanol–water partition coefficient (Wildman–Crippen LogP) is 1.62. The molecule has 0 saturated carbocycles. The lowest BCUT2D eigenvalue weighted by molar-refractivity contribution is -0.136. The van der Waals surface area contributed by atoms with Gasteiger partial charge in [0.15, 0.2) is 11.5 Å². The number of ether oxygens (including phenoxy) is 2. The van der Waals surface area contributed by atoms with Crippen molar-refractivity contribution in [1.82, 2.24) is 4.90 Å². The number of hydrogen-bond acceptors (Lipinski definition) is 5. The van der Waals surface area contributed by atoms with Crippen molar-refractivity contribution in [3.05, 3.63) is 18.2 Å². The zero-order valence-corrected chi connectivity index (χ0v) is 15.1. The lowest BCUT2D eigenvalue weighted by Gasteiger charge is -2.26. The number of benzene rings is 1. The fraction of sp³-hybridized carbons (Fsp3) is 0.556. The van der Waals surface area contributed by atoms with Gasteiger partial charge in [-0.1, -0.05) is 20.3 Å². The van der Waals surface area contributed by atoms with Crippen LogP contribution in [-0.2, 0) is 9.59 Å². The summed E-state index contributed by atoms with van der Waals surface area (Å²) < 4.78 is 11.0. The van der Waals surface area contributed by atoms with E-state index in [1.165, 1.54) is 4.90 Å². The summed E-state index contributed by atoms with van der Waals surface area (Å²) in [7, 11) is 0. The fourth-order valence-corrected chi connectivity index (χ4v) is 2.55. The number of nitrogens with zero attached hydrogens (tertiary/aromatic N) is 1. The van der Waals surface area contributed by atoms with E-state index in [1.54, 1.807) is 18.2 Å². The Bertz CT molecular complexity index is 620. The molecule has 0 bridgehead atoms. The van der Waals surface area contributed by atoms with Crippen molar-refractivity contribution in [3.63, 3.8) is 0 Å². The Hall–Kier alpha value is -2.28. The summed E-state index contributed by atoms with van der Waals surface area (Å²) in [5.74, 6) is 0.861. The summed E-state index contributed by atoms with van der Waals surface area (Å²) in [4.78, 5) is 26.2. The number of hydrogen-bond donors (Lipinski definition) is 2. The Balaban J connectivity index is 1.97. The van der Waals surface area contributed by atoms with Crippen LogP contribution in [-0.4, -0.2) is 49.1 Å². The van der Waals surface area contributed by atoms with E-state index in [0.717, 1.165) is 6.42 Å².